The van der Waals surface area contributed by atoms with Crippen LogP contribution < -0.4 is 15.8 Å². The number of hydrogen-bond acceptors (Lipinski definition) is 6. The molecule has 1 aromatic carbocycles. The van der Waals surface area contributed by atoms with E-state index < -0.39 is 29.9 Å². The van der Waals surface area contributed by atoms with Gasteiger partial charge in [-0.2, -0.15) is 5.26 Å². The summed E-state index contributed by atoms with van der Waals surface area (Å²) in [7, 11) is 0. The summed E-state index contributed by atoms with van der Waals surface area (Å²) in [6.07, 6.45) is 1.79. The van der Waals surface area contributed by atoms with E-state index in [0.29, 0.717) is 5.75 Å². The molecule has 2 amide bonds. The molecule has 1 aliphatic rings. The molecule has 0 spiro atoms. The van der Waals surface area contributed by atoms with Gasteiger partial charge in [0.15, 0.2) is 13.2 Å². The van der Waals surface area contributed by atoms with Crippen LogP contribution in [-0.2, 0) is 14.3 Å². The normalized spacial score (nSPS) is 15.4. The minimum Gasteiger partial charge on any atom is -0.484 e. The average molecular weight is 345 g/mol. The van der Waals surface area contributed by atoms with Gasteiger partial charge >= 0.3 is 5.97 Å². The minimum atomic E-state index is -0.928. The highest BCUT2D eigenvalue weighted by molar-refractivity contribution is 5.91. The molecule has 0 aliphatic heterocycles. The summed E-state index contributed by atoms with van der Waals surface area (Å²) in [5, 5.41) is 11.8. The van der Waals surface area contributed by atoms with E-state index in [4.69, 9.17) is 15.2 Å². The van der Waals surface area contributed by atoms with Crippen LogP contribution in [0.15, 0.2) is 24.3 Å². The van der Waals surface area contributed by atoms with Crippen LogP contribution in [0.4, 0.5) is 0 Å². The zero-order valence-electron chi connectivity index (χ0n) is 13.8. The molecule has 1 atom stereocenters. The van der Waals surface area contributed by atoms with E-state index in [1.54, 1.807) is 6.92 Å². The Morgan fingerprint density at radius 3 is 2.44 bits per heavy atom. The first kappa shape index (κ1) is 18.3. The molecule has 8 heteroatoms. The van der Waals surface area contributed by atoms with Gasteiger partial charge in [0.1, 0.15) is 11.3 Å². The summed E-state index contributed by atoms with van der Waals surface area (Å²) >= 11 is 0. The number of rotatable bonds is 8. The van der Waals surface area contributed by atoms with Crippen molar-refractivity contribution in [2.75, 3.05) is 13.2 Å². The number of ether oxygens (including phenoxy) is 2. The molecule has 0 heterocycles. The lowest BCUT2D eigenvalue weighted by Crippen LogP contribution is -2.48. The van der Waals surface area contributed by atoms with Crippen molar-refractivity contribution in [3.8, 4) is 11.8 Å². The smallest absolute Gasteiger partial charge is 0.338 e. The Hall–Kier alpha value is -3.08. The molecule has 25 heavy (non-hydrogen) atoms. The van der Waals surface area contributed by atoms with E-state index in [-0.39, 0.29) is 18.1 Å². The SMILES string of the molecule is C[C@@](C#N)(NC(=O)COC(=O)c1ccc(OCC(N)=O)cc1)C1CC1. The molecule has 132 valence electrons. The minimum absolute atomic E-state index is 0.144. The summed E-state index contributed by atoms with van der Waals surface area (Å²) < 4.78 is 10.0. The first-order valence-corrected chi connectivity index (χ1v) is 7.74. The van der Waals surface area contributed by atoms with Gasteiger partial charge in [0.2, 0.25) is 0 Å². The third-order valence-corrected chi connectivity index (χ3v) is 3.83. The molecule has 0 radical (unpaired) electrons. The number of carbonyl (C=O) groups excluding carboxylic acids is 3. The van der Waals surface area contributed by atoms with Crippen LogP contribution in [-0.4, -0.2) is 36.5 Å². The molecule has 1 aromatic rings. The number of amides is 2. The van der Waals surface area contributed by atoms with E-state index in [0.717, 1.165) is 12.8 Å². The number of esters is 1. The van der Waals surface area contributed by atoms with Crippen molar-refractivity contribution in [2.45, 2.75) is 25.3 Å². The van der Waals surface area contributed by atoms with Gasteiger partial charge < -0.3 is 20.5 Å². The third-order valence-electron chi connectivity index (χ3n) is 3.83. The summed E-state index contributed by atoms with van der Waals surface area (Å²) in [6.45, 7) is 0.931. The highest BCUT2D eigenvalue weighted by atomic mass is 16.5. The first-order valence-electron chi connectivity index (χ1n) is 7.74. The number of primary amides is 1. The largest absolute Gasteiger partial charge is 0.484 e. The molecular weight excluding hydrogens is 326 g/mol. The molecular formula is C17H19N3O5. The summed E-state index contributed by atoms with van der Waals surface area (Å²) in [6, 6.07) is 7.96. The number of nitrogens with zero attached hydrogens (tertiary/aromatic N) is 1. The second kappa shape index (κ2) is 7.66. The Morgan fingerprint density at radius 2 is 1.92 bits per heavy atom. The quantitative estimate of drug-likeness (QED) is 0.660. The van der Waals surface area contributed by atoms with Crippen molar-refractivity contribution in [2.24, 2.45) is 11.7 Å². The molecule has 1 fully saturated rings. The maximum atomic E-state index is 11.9. The predicted octanol–water partition coefficient (Wildman–Crippen LogP) is 0.516. The van der Waals surface area contributed by atoms with Gasteiger partial charge in [-0.25, -0.2) is 4.79 Å². The van der Waals surface area contributed by atoms with E-state index in [1.165, 1.54) is 24.3 Å². The fraction of sp³-hybridized carbons (Fsp3) is 0.412. The molecule has 0 bridgehead atoms. The molecule has 0 unspecified atom stereocenters. The molecule has 1 aliphatic carbocycles. The van der Waals surface area contributed by atoms with Crippen LogP contribution in [0.25, 0.3) is 0 Å². The van der Waals surface area contributed by atoms with Gasteiger partial charge in [-0.1, -0.05) is 0 Å². The second-order valence-corrected chi connectivity index (χ2v) is 5.99. The van der Waals surface area contributed by atoms with Crippen molar-refractivity contribution in [3.63, 3.8) is 0 Å². The van der Waals surface area contributed by atoms with Crippen LogP contribution in [0.5, 0.6) is 5.75 Å². The molecule has 8 nitrogen and oxygen atoms in total. The number of nitrogens with one attached hydrogen (secondary N) is 1. The van der Waals surface area contributed by atoms with Crippen molar-refractivity contribution < 1.29 is 23.9 Å². The Labute approximate surface area is 144 Å². The van der Waals surface area contributed by atoms with Gasteiger partial charge in [-0.15, -0.1) is 0 Å². The Balaban J connectivity index is 1.82. The van der Waals surface area contributed by atoms with Crippen LogP contribution in [0.3, 0.4) is 0 Å². The topological polar surface area (TPSA) is 132 Å². The second-order valence-electron chi connectivity index (χ2n) is 5.99. The van der Waals surface area contributed by atoms with E-state index in [1.807, 2.05) is 0 Å². The average Bonchev–Trinajstić information content (AvgIpc) is 3.43. The number of carbonyl (C=O) groups is 3. The van der Waals surface area contributed by atoms with Gasteiger partial charge in [-0.3, -0.25) is 9.59 Å². The fourth-order valence-corrected chi connectivity index (χ4v) is 2.26. The number of nitriles is 1. The van der Waals surface area contributed by atoms with Crippen molar-refractivity contribution in [1.82, 2.24) is 5.32 Å². The standard InChI is InChI=1S/C17H19N3O5/c1-17(10-18,12-4-5-12)20-15(22)9-25-16(23)11-2-6-13(7-3-11)24-8-14(19)21/h2-3,6-7,12H,4-5,8-9H2,1H3,(H2,19,21)(H,20,22)/t17-/m0/s1. The molecule has 2 rings (SSSR count). The highest BCUT2D eigenvalue weighted by Gasteiger charge is 2.43. The van der Waals surface area contributed by atoms with E-state index in [2.05, 4.69) is 11.4 Å². The lowest BCUT2D eigenvalue weighted by Gasteiger charge is -2.22. The zero-order chi connectivity index (χ0) is 18.4. The Kier molecular flexibility index (Phi) is 5.60. The predicted molar refractivity (Wildman–Crippen MR) is 86.3 cm³/mol. The molecule has 0 saturated heterocycles. The first-order chi connectivity index (χ1) is 11.8. The summed E-state index contributed by atoms with van der Waals surface area (Å²) in [4.78, 5) is 34.4. The Morgan fingerprint density at radius 1 is 1.28 bits per heavy atom. The monoisotopic (exact) mass is 345 g/mol. The molecule has 3 N–H and O–H groups in total. The maximum Gasteiger partial charge on any atom is 0.338 e. The zero-order valence-corrected chi connectivity index (χ0v) is 13.8. The van der Waals surface area contributed by atoms with Gasteiger partial charge in [0, 0.05) is 0 Å². The van der Waals surface area contributed by atoms with Gasteiger partial charge in [0.05, 0.1) is 11.6 Å². The fourth-order valence-electron chi connectivity index (χ4n) is 2.26. The van der Waals surface area contributed by atoms with Crippen LogP contribution in [0.1, 0.15) is 30.1 Å². The Bertz CT molecular complexity index is 706. The van der Waals surface area contributed by atoms with Gasteiger partial charge in [0.25, 0.3) is 11.8 Å². The number of benzene rings is 1. The van der Waals surface area contributed by atoms with Crippen molar-refractivity contribution in [1.29, 1.82) is 5.26 Å². The lowest BCUT2D eigenvalue weighted by molar-refractivity contribution is -0.125. The molecule has 0 aromatic heterocycles. The molecule has 1 saturated carbocycles. The van der Waals surface area contributed by atoms with Crippen molar-refractivity contribution in [3.05, 3.63) is 29.8 Å². The number of nitrogens with two attached hydrogens (primary N) is 1. The van der Waals surface area contributed by atoms with Crippen LogP contribution in [0.2, 0.25) is 0 Å². The number of hydrogen-bond donors (Lipinski definition) is 2. The van der Waals surface area contributed by atoms with E-state index >= 15 is 0 Å². The lowest BCUT2D eigenvalue weighted by atomic mass is 9.98. The van der Waals surface area contributed by atoms with E-state index in [9.17, 15) is 19.6 Å². The third kappa shape index (κ3) is 5.21. The summed E-state index contributed by atoms with van der Waals surface area (Å²) in [5.41, 5.74) is 4.27. The van der Waals surface area contributed by atoms with Crippen LogP contribution in [0, 0.1) is 17.2 Å². The highest BCUT2D eigenvalue weighted by Crippen LogP contribution is 2.39. The van der Waals surface area contributed by atoms with Crippen LogP contribution >= 0.6 is 0 Å². The van der Waals surface area contributed by atoms with Crippen molar-refractivity contribution >= 4 is 17.8 Å². The van der Waals surface area contributed by atoms with Gasteiger partial charge in [-0.05, 0) is 49.9 Å². The summed E-state index contributed by atoms with van der Waals surface area (Å²) in [5.74, 6) is -1.29. The maximum absolute atomic E-state index is 11.9.